The molecular formula is C12H22N2O2. The van der Waals surface area contributed by atoms with Gasteiger partial charge in [0.25, 0.3) is 0 Å². The Bertz CT molecular complexity index is 273. The molecule has 4 heteroatoms. The van der Waals surface area contributed by atoms with Crippen LogP contribution >= 0.6 is 0 Å². The van der Waals surface area contributed by atoms with Gasteiger partial charge in [0.05, 0.1) is 0 Å². The van der Waals surface area contributed by atoms with Gasteiger partial charge in [0.2, 0.25) is 0 Å². The summed E-state index contributed by atoms with van der Waals surface area (Å²) < 4.78 is 5.43. The van der Waals surface area contributed by atoms with E-state index in [1.807, 2.05) is 25.7 Å². The van der Waals surface area contributed by atoms with E-state index in [1.165, 1.54) is 0 Å². The summed E-state index contributed by atoms with van der Waals surface area (Å²) in [5.74, 6) is 0.748. The third-order valence-corrected chi connectivity index (χ3v) is 3.27. The molecule has 0 aliphatic carbocycles. The van der Waals surface area contributed by atoms with Crippen molar-refractivity contribution >= 4 is 6.09 Å². The van der Waals surface area contributed by atoms with Crippen LogP contribution in [0.15, 0.2) is 0 Å². The lowest BCUT2D eigenvalue weighted by Gasteiger charge is -2.43. The molecule has 2 fully saturated rings. The first kappa shape index (κ1) is 11.7. The number of hydrogen-bond acceptors (Lipinski definition) is 3. The fourth-order valence-electron chi connectivity index (χ4n) is 2.53. The molecule has 0 aromatic heterocycles. The number of carbonyl (C=O) groups excluding carboxylic acids is 1. The SMILES string of the molecule is CC(C)(C)OC(=O)N1CC[C@H]2CNC[C@@H]1C2. The molecule has 2 saturated heterocycles. The largest absolute Gasteiger partial charge is 0.444 e. The van der Waals surface area contributed by atoms with Crippen LogP contribution in [0.2, 0.25) is 0 Å². The Balaban J connectivity index is 1.96. The van der Waals surface area contributed by atoms with E-state index >= 15 is 0 Å². The van der Waals surface area contributed by atoms with Crippen molar-refractivity contribution in [3.63, 3.8) is 0 Å². The minimum Gasteiger partial charge on any atom is -0.444 e. The molecule has 92 valence electrons. The number of piperidine rings is 2. The zero-order valence-electron chi connectivity index (χ0n) is 10.5. The zero-order valence-corrected chi connectivity index (χ0v) is 10.5. The van der Waals surface area contributed by atoms with Crippen LogP contribution in [0.25, 0.3) is 0 Å². The van der Waals surface area contributed by atoms with E-state index in [-0.39, 0.29) is 6.09 Å². The van der Waals surface area contributed by atoms with Crippen molar-refractivity contribution in [2.45, 2.75) is 45.3 Å². The lowest BCUT2D eigenvalue weighted by molar-refractivity contribution is -0.000119. The van der Waals surface area contributed by atoms with Crippen LogP contribution in [0.3, 0.4) is 0 Å². The average Bonchev–Trinajstić information content (AvgIpc) is 2.15. The monoisotopic (exact) mass is 226 g/mol. The molecule has 2 heterocycles. The molecule has 2 bridgehead atoms. The van der Waals surface area contributed by atoms with Crippen molar-refractivity contribution in [1.82, 2.24) is 10.2 Å². The Morgan fingerprint density at radius 1 is 1.38 bits per heavy atom. The molecule has 0 aromatic rings. The summed E-state index contributed by atoms with van der Waals surface area (Å²) in [6, 6.07) is 0.336. The normalized spacial score (nSPS) is 30.1. The predicted molar refractivity (Wildman–Crippen MR) is 62.3 cm³/mol. The number of carbonyl (C=O) groups is 1. The molecule has 1 N–H and O–H groups in total. The van der Waals surface area contributed by atoms with Crippen LogP contribution in [-0.4, -0.2) is 42.3 Å². The summed E-state index contributed by atoms with van der Waals surface area (Å²) in [6.45, 7) is 8.62. The number of nitrogens with zero attached hydrogens (tertiary/aromatic N) is 1. The highest BCUT2D eigenvalue weighted by Gasteiger charge is 2.36. The summed E-state index contributed by atoms with van der Waals surface area (Å²) in [5, 5.41) is 3.39. The Labute approximate surface area is 97.3 Å². The van der Waals surface area contributed by atoms with Crippen LogP contribution < -0.4 is 5.32 Å². The van der Waals surface area contributed by atoms with Gasteiger partial charge in [0.1, 0.15) is 5.60 Å². The van der Waals surface area contributed by atoms with Crippen molar-refractivity contribution in [3.8, 4) is 0 Å². The minimum atomic E-state index is -0.393. The van der Waals surface area contributed by atoms with Gasteiger partial charge in [0, 0.05) is 19.1 Å². The molecule has 2 aliphatic rings. The van der Waals surface area contributed by atoms with E-state index in [1.54, 1.807) is 0 Å². The number of nitrogens with one attached hydrogen (secondary N) is 1. The van der Waals surface area contributed by atoms with Crippen LogP contribution in [0.4, 0.5) is 4.79 Å². The Kier molecular flexibility index (Phi) is 3.10. The molecule has 1 amide bonds. The quantitative estimate of drug-likeness (QED) is 0.682. The highest BCUT2D eigenvalue weighted by Crippen LogP contribution is 2.26. The number of hydrogen-bond donors (Lipinski definition) is 1. The van der Waals surface area contributed by atoms with Gasteiger partial charge < -0.3 is 15.0 Å². The van der Waals surface area contributed by atoms with Gasteiger partial charge in [0.15, 0.2) is 0 Å². The third kappa shape index (κ3) is 2.67. The van der Waals surface area contributed by atoms with Gasteiger partial charge in [-0.2, -0.15) is 0 Å². The zero-order chi connectivity index (χ0) is 11.8. The number of fused-ring (bicyclic) bond motifs is 2. The molecular weight excluding hydrogens is 204 g/mol. The van der Waals surface area contributed by atoms with Crippen LogP contribution in [0, 0.1) is 5.92 Å². The maximum absolute atomic E-state index is 12.0. The number of rotatable bonds is 0. The Hall–Kier alpha value is -0.770. The van der Waals surface area contributed by atoms with E-state index in [2.05, 4.69) is 5.32 Å². The van der Waals surface area contributed by atoms with Crippen LogP contribution in [-0.2, 0) is 4.74 Å². The van der Waals surface area contributed by atoms with Gasteiger partial charge >= 0.3 is 6.09 Å². The van der Waals surface area contributed by atoms with Crippen molar-refractivity contribution in [1.29, 1.82) is 0 Å². The van der Waals surface area contributed by atoms with Crippen LogP contribution in [0.5, 0.6) is 0 Å². The minimum absolute atomic E-state index is 0.153. The molecule has 0 spiro atoms. The summed E-state index contributed by atoms with van der Waals surface area (Å²) in [4.78, 5) is 13.9. The van der Waals surface area contributed by atoms with E-state index in [9.17, 15) is 4.79 Å². The van der Waals surface area contributed by atoms with Crippen molar-refractivity contribution in [2.24, 2.45) is 5.92 Å². The van der Waals surface area contributed by atoms with E-state index < -0.39 is 5.60 Å². The molecule has 4 nitrogen and oxygen atoms in total. The molecule has 0 radical (unpaired) electrons. The highest BCUT2D eigenvalue weighted by molar-refractivity contribution is 5.68. The first-order valence-corrected chi connectivity index (χ1v) is 6.16. The van der Waals surface area contributed by atoms with Gasteiger partial charge in [-0.15, -0.1) is 0 Å². The first-order chi connectivity index (χ1) is 7.46. The second-order valence-corrected chi connectivity index (χ2v) is 5.88. The summed E-state index contributed by atoms with van der Waals surface area (Å²) in [7, 11) is 0. The van der Waals surface area contributed by atoms with E-state index in [4.69, 9.17) is 4.74 Å². The Morgan fingerprint density at radius 3 is 2.81 bits per heavy atom. The molecule has 0 unspecified atom stereocenters. The molecule has 16 heavy (non-hydrogen) atoms. The summed E-state index contributed by atoms with van der Waals surface area (Å²) >= 11 is 0. The maximum Gasteiger partial charge on any atom is 0.410 e. The first-order valence-electron chi connectivity index (χ1n) is 6.16. The lowest BCUT2D eigenvalue weighted by Crippen LogP contribution is -2.56. The van der Waals surface area contributed by atoms with E-state index in [0.717, 1.165) is 38.4 Å². The van der Waals surface area contributed by atoms with Crippen LogP contribution in [0.1, 0.15) is 33.6 Å². The standard InChI is InChI=1S/C12H22N2O2/c1-12(2,3)16-11(15)14-5-4-9-6-10(14)8-13-7-9/h9-10,13H,4-8H2,1-3H3/t9-,10+/m1/s1. The average molecular weight is 226 g/mol. The maximum atomic E-state index is 12.0. The molecule has 0 aromatic carbocycles. The van der Waals surface area contributed by atoms with E-state index in [0.29, 0.717) is 6.04 Å². The van der Waals surface area contributed by atoms with Crippen molar-refractivity contribution in [3.05, 3.63) is 0 Å². The summed E-state index contributed by atoms with van der Waals surface area (Å²) in [6.07, 6.45) is 2.08. The number of amides is 1. The second kappa shape index (κ2) is 4.24. The highest BCUT2D eigenvalue weighted by atomic mass is 16.6. The Morgan fingerprint density at radius 2 is 2.12 bits per heavy atom. The predicted octanol–water partition coefficient (Wildman–Crippen LogP) is 1.61. The fraction of sp³-hybridized carbons (Fsp3) is 0.917. The number of ether oxygens (including phenoxy) is 1. The topological polar surface area (TPSA) is 41.6 Å². The third-order valence-electron chi connectivity index (χ3n) is 3.27. The van der Waals surface area contributed by atoms with Gasteiger partial charge in [-0.1, -0.05) is 0 Å². The molecule has 2 aliphatic heterocycles. The van der Waals surface area contributed by atoms with Crippen molar-refractivity contribution < 1.29 is 9.53 Å². The molecule has 2 rings (SSSR count). The molecule has 0 saturated carbocycles. The van der Waals surface area contributed by atoms with Gasteiger partial charge in [-0.3, -0.25) is 0 Å². The summed E-state index contributed by atoms with van der Waals surface area (Å²) in [5.41, 5.74) is -0.393. The fourth-order valence-corrected chi connectivity index (χ4v) is 2.53. The van der Waals surface area contributed by atoms with Gasteiger partial charge in [-0.25, -0.2) is 4.79 Å². The smallest absolute Gasteiger partial charge is 0.410 e. The van der Waals surface area contributed by atoms with Gasteiger partial charge in [-0.05, 0) is 46.1 Å². The second-order valence-electron chi connectivity index (χ2n) is 5.88. The molecule has 2 atom stereocenters. The van der Waals surface area contributed by atoms with Crippen molar-refractivity contribution in [2.75, 3.05) is 19.6 Å². The number of likely N-dealkylation sites (tertiary alicyclic amines) is 1. The lowest BCUT2D eigenvalue weighted by atomic mass is 9.88.